The van der Waals surface area contributed by atoms with Crippen molar-refractivity contribution in [3.05, 3.63) is 44.9 Å². The Labute approximate surface area is 135 Å². The van der Waals surface area contributed by atoms with Crippen molar-refractivity contribution in [2.75, 3.05) is 13.1 Å². The van der Waals surface area contributed by atoms with Crippen LogP contribution in [0.5, 0.6) is 0 Å². The van der Waals surface area contributed by atoms with Crippen LogP contribution in [0.15, 0.2) is 30.3 Å². The van der Waals surface area contributed by atoms with Gasteiger partial charge in [0.25, 0.3) is 0 Å². The summed E-state index contributed by atoms with van der Waals surface area (Å²) in [5.74, 6) is 0.814. The predicted molar refractivity (Wildman–Crippen MR) is 90.1 cm³/mol. The van der Waals surface area contributed by atoms with E-state index in [0.717, 1.165) is 34.6 Å². The Morgan fingerprint density at radius 2 is 1.95 bits per heavy atom. The molecular weight excluding hydrogens is 298 g/mol. The van der Waals surface area contributed by atoms with Gasteiger partial charge in [-0.2, -0.15) is 5.10 Å². The largest absolute Gasteiger partial charge is 0.284 e. The summed E-state index contributed by atoms with van der Waals surface area (Å²) in [4.78, 5) is 2.47. The molecule has 1 aromatic carbocycles. The van der Waals surface area contributed by atoms with Crippen LogP contribution in [0, 0.1) is 16.8 Å². The number of aromatic nitrogens is 2. The van der Waals surface area contributed by atoms with Gasteiger partial charge in [-0.3, -0.25) is 4.90 Å². The van der Waals surface area contributed by atoms with Crippen molar-refractivity contribution in [2.45, 2.75) is 32.9 Å². The lowest BCUT2D eigenvalue weighted by Gasteiger charge is -2.31. The summed E-state index contributed by atoms with van der Waals surface area (Å²) in [5.41, 5.74) is 1.47. The minimum atomic E-state index is 0.814. The van der Waals surface area contributed by atoms with Crippen LogP contribution in [-0.4, -0.2) is 27.8 Å². The van der Waals surface area contributed by atoms with Crippen LogP contribution in [0.4, 0.5) is 0 Å². The number of rotatable bonds is 4. The number of nitrogens with zero attached hydrogens (tertiary/aromatic N) is 3. The monoisotopic (exact) mass is 319 g/mol. The van der Waals surface area contributed by atoms with Gasteiger partial charge >= 0.3 is 0 Å². The summed E-state index contributed by atoms with van der Waals surface area (Å²) in [7, 11) is 0. The Morgan fingerprint density at radius 1 is 1.24 bits per heavy atom. The Balaban J connectivity index is 1.51. The smallest absolute Gasteiger partial charge is 0.180 e. The van der Waals surface area contributed by atoms with E-state index >= 15 is 0 Å². The minimum Gasteiger partial charge on any atom is -0.284 e. The third-order valence-electron chi connectivity index (χ3n) is 4.12. The molecule has 0 unspecified atom stereocenters. The second-order valence-corrected chi connectivity index (χ2v) is 7.61. The molecule has 0 radical (unpaired) electrons. The maximum Gasteiger partial charge on any atom is 0.180 e. The predicted octanol–water partition coefficient (Wildman–Crippen LogP) is 3.89. The van der Waals surface area contributed by atoms with E-state index in [9.17, 15) is 0 Å². The van der Waals surface area contributed by atoms with Crippen LogP contribution in [0.3, 0.4) is 0 Å². The van der Waals surface area contributed by atoms with Crippen LogP contribution >= 0.6 is 23.6 Å². The summed E-state index contributed by atoms with van der Waals surface area (Å²) in [6.45, 7) is 5.16. The lowest BCUT2D eigenvalue weighted by atomic mass is 9.90. The molecular formula is C16H21N3S2. The summed E-state index contributed by atoms with van der Waals surface area (Å²) in [6.07, 6.45) is 3.75. The van der Waals surface area contributed by atoms with Crippen LogP contribution < -0.4 is 0 Å². The lowest BCUT2D eigenvalue weighted by Crippen LogP contribution is -2.36. The van der Waals surface area contributed by atoms with Gasteiger partial charge in [0.15, 0.2) is 3.95 Å². The van der Waals surface area contributed by atoms with Gasteiger partial charge in [0.2, 0.25) is 0 Å². The highest BCUT2D eigenvalue weighted by molar-refractivity contribution is 7.73. The first-order valence-electron chi connectivity index (χ1n) is 7.51. The molecule has 0 atom stereocenters. The normalized spacial score (nSPS) is 17.2. The molecule has 0 aliphatic carbocycles. The van der Waals surface area contributed by atoms with Crippen molar-refractivity contribution < 1.29 is 0 Å². The average molecular weight is 319 g/mol. The molecule has 0 saturated carbocycles. The quantitative estimate of drug-likeness (QED) is 0.798. The molecule has 1 fully saturated rings. The van der Waals surface area contributed by atoms with Crippen LogP contribution in [0.2, 0.25) is 0 Å². The number of benzene rings is 1. The molecule has 0 spiro atoms. The maximum atomic E-state index is 5.34. The van der Waals surface area contributed by atoms with E-state index < -0.39 is 0 Å². The molecule has 112 valence electrons. The van der Waals surface area contributed by atoms with Crippen LogP contribution in [-0.2, 0) is 13.1 Å². The number of aryl methyl sites for hydroxylation is 1. The molecule has 1 aromatic heterocycles. The van der Waals surface area contributed by atoms with Crippen molar-refractivity contribution in [3.63, 3.8) is 0 Å². The van der Waals surface area contributed by atoms with E-state index in [1.54, 1.807) is 11.3 Å². The van der Waals surface area contributed by atoms with E-state index in [1.807, 2.05) is 11.6 Å². The van der Waals surface area contributed by atoms with Crippen molar-refractivity contribution >= 4 is 23.6 Å². The summed E-state index contributed by atoms with van der Waals surface area (Å²) < 4.78 is 2.85. The van der Waals surface area contributed by atoms with Crippen molar-refractivity contribution in [3.8, 4) is 0 Å². The number of piperidine rings is 1. The summed E-state index contributed by atoms with van der Waals surface area (Å²) in [6, 6.07) is 10.8. The second-order valence-electron chi connectivity index (χ2n) is 5.78. The van der Waals surface area contributed by atoms with Gasteiger partial charge in [0.05, 0.1) is 6.67 Å². The fourth-order valence-corrected chi connectivity index (χ4v) is 4.02. The molecule has 2 heterocycles. The molecule has 2 aromatic rings. The van der Waals surface area contributed by atoms with Gasteiger partial charge < -0.3 is 0 Å². The minimum absolute atomic E-state index is 0.814. The van der Waals surface area contributed by atoms with E-state index in [-0.39, 0.29) is 0 Å². The highest BCUT2D eigenvalue weighted by Gasteiger charge is 2.20. The molecule has 3 nitrogen and oxygen atoms in total. The molecule has 3 rings (SSSR count). The highest BCUT2D eigenvalue weighted by Crippen LogP contribution is 2.22. The fraction of sp³-hybridized carbons (Fsp3) is 0.500. The Bertz CT molecular complexity index is 624. The average Bonchev–Trinajstić information content (AvgIpc) is 2.80. The van der Waals surface area contributed by atoms with Gasteiger partial charge in [0.1, 0.15) is 5.01 Å². The molecule has 1 saturated heterocycles. The first-order valence-corrected chi connectivity index (χ1v) is 8.74. The topological polar surface area (TPSA) is 21.1 Å². The van der Waals surface area contributed by atoms with E-state index in [2.05, 4.69) is 40.3 Å². The van der Waals surface area contributed by atoms with Crippen LogP contribution in [0.1, 0.15) is 23.4 Å². The molecule has 5 heteroatoms. The molecule has 0 bridgehead atoms. The van der Waals surface area contributed by atoms with Crippen molar-refractivity contribution in [2.24, 2.45) is 5.92 Å². The molecule has 1 aliphatic heterocycles. The van der Waals surface area contributed by atoms with E-state index in [4.69, 9.17) is 12.2 Å². The summed E-state index contributed by atoms with van der Waals surface area (Å²) >= 11 is 6.94. The molecule has 21 heavy (non-hydrogen) atoms. The third kappa shape index (κ3) is 3.99. The Morgan fingerprint density at radius 3 is 2.57 bits per heavy atom. The maximum absolute atomic E-state index is 5.34. The van der Waals surface area contributed by atoms with E-state index in [1.165, 1.54) is 24.8 Å². The lowest BCUT2D eigenvalue weighted by molar-refractivity contribution is 0.140. The van der Waals surface area contributed by atoms with Crippen LogP contribution in [0.25, 0.3) is 0 Å². The van der Waals surface area contributed by atoms with Gasteiger partial charge in [-0.15, -0.1) is 0 Å². The Hall–Kier alpha value is -1.04. The van der Waals surface area contributed by atoms with Gasteiger partial charge in [-0.25, -0.2) is 4.68 Å². The van der Waals surface area contributed by atoms with Gasteiger partial charge in [-0.05, 0) is 49.9 Å². The second kappa shape index (κ2) is 6.81. The van der Waals surface area contributed by atoms with Gasteiger partial charge in [0, 0.05) is 13.1 Å². The zero-order valence-electron chi connectivity index (χ0n) is 12.4. The first kappa shape index (κ1) is 14.9. The molecule has 0 amide bonds. The number of hydrogen-bond donors (Lipinski definition) is 0. The van der Waals surface area contributed by atoms with E-state index in [0.29, 0.717) is 0 Å². The molecule has 1 aliphatic rings. The fourth-order valence-electron chi connectivity index (χ4n) is 2.97. The zero-order chi connectivity index (χ0) is 14.7. The van der Waals surface area contributed by atoms with Crippen molar-refractivity contribution in [1.29, 1.82) is 0 Å². The zero-order valence-corrected chi connectivity index (χ0v) is 14.0. The SMILES string of the molecule is Cc1nn(CN2CCC(Cc3ccccc3)CC2)c(=S)s1. The van der Waals surface area contributed by atoms with Crippen molar-refractivity contribution in [1.82, 2.24) is 14.7 Å². The number of hydrogen-bond acceptors (Lipinski definition) is 4. The third-order valence-corrected chi connectivity index (χ3v) is 5.34. The highest BCUT2D eigenvalue weighted by atomic mass is 32.1. The standard InChI is InChI=1S/C16H21N3S2/c1-13-17-19(16(20)21-13)12-18-9-7-15(8-10-18)11-14-5-3-2-4-6-14/h2-6,15H,7-12H2,1H3. The van der Waals surface area contributed by atoms with Gasteiger partial charge in [-0.1, -0.05) is 41.7 Å². The Kier molecular flexibility index (Phi) is 4.83. The summed E-state index contributed by atoms with van der Waals surface area (Å²) in [5, 5.41) is 5.54. The number of likely N-dealkylation sites (tertiary alicyclic amines) is 1. The first-order chi connectivity index (χ1) is 10.2. The molecule has 0 N–H and O–H groups in total.